The van der Waals surface area contributed by atoms with Crippen LogP contribution in [0.3, 0.4) is 0 Å². The molecule has 2 heterocycles. The summed E-state index contributed by atoms with van der Waals surface area (Å²) in [5.74, 6) is 0.559. The molecule has 0 unspecified atom stereocenters. The molecular formula is C20H23F3N2O3. The summed E-state index contributed by atoms with van der Waals surface area (Å²) in [6.07, 6.45) is -3.25. The van der Waals surface area contributed by atoms with Gasteiger partial charge in [0.1, 0.15) is 5.60 Å². The fraction of sp³-hybridized carbons (Fsp3) is 0.500. The zero-order chi connectivity index (χ0) is 20.5. The number of piperidine rings is 1. The van der Waals surface area contributed by atoms with Crippen LogP contribution in [0.25, 0.3) is 11.3 Å². The number of carbonyl (C=O) groups is 1. The Labute approximate surface area is 161 Å². The summed E-state index contributed by atoms with van der Waals surface area (Å²) in [6.45, 7) is 6.60. The van der Waals surface area contributed by atoms with Crippen LogP contribution in [-0.2, 0) is 10.9 Å². The van der Waals surface area contributed by atoms with Crippen LogP contribution in [0.15, 0.2) is 34.9 Å². The summed E-state index contributed by atoms with van der Waals surface area (Å²) >= 11 is 0. The molecule has 0 atom stereocenters. The van der Waals surface area contributed by atoms with Crippen LogP contribution in [-0.4, -0.2) is 34.8 Å². The minimum atomic E-state index is -4.37. The van der Waals surface area contributed by atoms with Crippen molar-refractivity contribution >= 4 is 6.09 Å². The van der Waals surface area contributed by atoms with Gasteiger partial charge in [0, 0.05) is 30.6 Å². The zero-order valence-electron chi connectivity index (χ0n) is 16.0. The second-order valence-electron chi connectivity index (χ2n) is 7.93. The van der Waals surface area contributed by atoms with Crippen molar-refractivity contribution in [1.82, 2.24) is 10.1 Å². The molecule has 152 valence electrons. The Balaban J connectivity index is 1.62. The second kappa shape index (κ2) is 7.48. The minimum absolute atomic E-state index is 0.130. The van der Waals surface area contributed by atoms with Gasteiger partial charge in [-0.2, -0.15) is 13.2 Å². The fourth-order valence-corrected chi connectivity index (χ4v) is 3.13. The molecular weight excluding hydrogens is 373 g/mol. The number of rotatable bonds is 2. The Morgan fingerprint density at radius 3 is 2.29 bits per heavy atom. The first-order chi connectivity index (χ1) is 13.0. The maximum Gasteiger partial charge on any atom is 0.416 e. The molecule has 28 heavy (non-hydrogen) atoms. The van der Waals surface area contributed by atoms with Crippen molar-refractivity contribution in [1.29, 1.82) is 0 Å². The van der Waals surface area contributed by atoms with E-state index < -0.39 is 17.3 Å². The predicted molar refractivity (Wildman–Crippen MR) is 96.7 cm³/mol. The number of halogens is 3. The molecule has 1 aliphatic rings. The molecule has 0 N–H and O–H groups in total. The molecule has 8 heteroatoms. The number of aromatic nitrogens is 1. The van der Waals surface area contributed by atoms with Gasteiger partial charge in [0.2, 0.25) is 0 Å². The SMILES string of the molecule is CC(C)(C)OC(=O)N1CCC(c2cc(-c3ccc(C(F)(F)F)cc3)on2)CC1. The topological polar surface area (TPSA) is 55.6 Å². The Bertz CT molecular complexity index is 814. The monoisotopic (exact) mass is 396 g/mol. The maximum atomic E-state index is 12.7. The number of alkyl halides is 3. The number of hydrogen-bond donors (Lipinski definition) is 0. The van der Waals surface area contributed by atoms with Crippen LogP contribution in [0.5, 0.6) is 0 Å². The highest BCUT2D eigenvalue weighted by atomic mass is 19.4. The first-order valence-electron chi connectivity index (χ1n) is 9.15. The fourth-order valence-electron chi connectivity index (χ4n) is 3.13. The zero-order valence-corrected chi connectivity index (χ0v) is 16.0. The highest BCUT2D eigenvalue weighted by Crippen LogP contribution is 2.33. The number of likely N-dealkylation sites (tertiary alicyclic amines) is 1. The lowest BCUT2D eigenvalue weighted by atomic mass is 9.93. The molecule has 0 bridgehead atoms. The second-order valence-corrected chi connectivity index (χ2v) is 7.93. The van der Waals surface area contributed by atoms with Crippen molar-refractivity contribution in [2.45, 2.75) is 51.3 Å². The van der Waals surface area contributed by atoms with Gasteiger partial charge in [0.15, 0.2) is 5.76 Å². The van der Waals surface area contributed by atoms with Gasteiger partial charge in [0.25, 0.3) is 0 Å². The van der Waals surface area contributed by atoms with E-state index >= 15 is 0 Å². The first-order valence-corrected chi connectivity index (χ1v) is 9.15. The number of hydrogen-bond acceptors (Lipinski definition) is 4. The predicted octanol–water partition coefficient (Wildman–Crippen LogP) is 5.47. The van der Waals surface area contributed by atoms with Crippen LogP contribution >= 0.6 is 0 Å². The summed E-state index contributed by atoms with van der Waals surface area (Å²) in [5, 5.41) is 4.08. The number of ether oxygens (including phenoxy) is 1. The van der Waals surface area contributed by atoms with Gasteiger partial charge in [-0.3, -0.25) is 0 Å². The third-order valence-electron chi connectivity index (χ3n) is 4.59. The highest BCUT2D eigenvalue weighted by molar-refractivity contribution is 5.68. The number of nitrogens with zero attached hydrogens (tertiary/aromatic N) is 2. The van der Waals surface area contributed by atoms with Crippen molar-refractivity contribution in [3.05, 3.63) is 41.6 Å². The first kappa shape index (κ1) is 20.2. The van der Waals surface area contributed by atoms with Gasteiger partial charge in [-0.1, -0.05) is 17.3 Å². The van der Waals surface area contributed by atoms with E-state index in [1.54, 1.807) is 11.0 Å². The molecule has 1 amide bonds. The van der Waals surface area contributed by atoms with Gasteiger partial charge < -0.3 is 14.2 Å². The number of benzene rings is 1. The van der Waals surface area contributed by atoms with Gasteiger partial charge >= 0.3 is 12.3 Å². The Hall–Kier alpha value is -2.51. The van der Waals surface area contributed by atoms with E-state index in [1.165, 1.54) is 12.1 Å². The van der Waals surface area contributed by atoms with Gasteiger partial charge in [-0.05, 0) is 45.7 Å². The molecule has 2 aromatic rings. The largest absolute Gasteiger partial charge is 0.444 e. The molecule has 3 rings (SSSR count). The summed E-state index contributed by atoms with van der Waals surface area (Å²) in [6, 6.07) is 6.56. The Kier molecular flexibility index (Phi) is 5.41. The van der Waals surface area contributed by atoms with Gasteiger partial charge in [-0.25, -0.2) is 4.79 Å². The summed E-state index contributed by atoms with van der Waals surface area (Å²) < 4.78 is 48.7. The smallest absolute Gasteiger partial charge is 0.416 e. The Morgan fingerprint density at radius 2 is 1.75 bits per heavy atom. The normalized spacial score (nSPS) is 16.3. The summed E-state index contributed by atoms with van der Waals surface area (Å²) in [4.78, 5) is 13.8. The number of carbonyl (C=O) groups excluding carboxylic acids is 1. The molecule has 1 fully saturated rings. The molecule has 0 aliphatic carbocycles. The summed E-state index contributed by atoms with van der Waals surface area (Å²) in [5.41, 5.74) is 0.0542. The average molecular weight is 396 g/mol. The van der Waals surface area contributed by atoms with E-state index in [9.17, 15) is 18.0 Å². The quantitative estimate of drug-likeness (QED) is 0.675. The van der Waals surface area contributed by atoms with Crippen molar-refractivity contribution in [2.24, 2.45) is 0 Å². The van der Waals surface area contributed by atoms with E-state index in [4.69, 9.17) is 9.26 Å². The van der Waals surface area contributed by atoms with Crippen LogP contribution in [0.1, 0.15) is 50.8 Å². The molecule has 1 saturated heterocycles. The molecule has 1 aromatic carbocycles. The number of amides is 1. The minimum Gasteiger partial charge on any atom is -0.444 e. The van der Waals surface area contributed by atoms with E-state index in [2.05, 4.69) is 5.16 Å². The third kappa shape index (κ3) is 4.85. The van der Waals surface area contributed by atoms with Crippen molar-refractivity contribution < 1.29 is 27.2 Å². The lowest BCUT2D eigenvalue weighted by molar-refractivity contribution is -0.137. The van der Waals surface area contributed by atoms with Crippen LogP contribution in [0.4, 0.5) is 18.0 Å². The maximum absolute atomic E-state index is 12.7. The lowest BCUT2D eigenvalue weighted by Gasteiger charge is -2.32. The van der Waals surface area contributed by atoms with Crippen LogP contribution in [0.2, 0.25) is 0 Å². The van der Waals surface area contributed by atoms with E-state index in [0.29, 0.717) is 24.4 Å². The standard InChI is InChI=1S/C20H23F3N2O3/c1-19(2,3)27-18(26)25-10-8-13(9-11-25)16-12-17(28-24-16)14-4-6-15(7-5-14)20(21,22)23/h4-7,12-13H,8-11H2,1-3H3. The summed E-state index contributed by atoms with van der Waals surface area (Å²) in [7, 11) is 0. The molecule has 1 aliphatic heterocycles. The molecule has 5 nitrogen and oxygen atoms in total. The van der Waals surface area contributed by atoms with Gasteiger partial charge in [-0.15, -0.1) is 0 Å². The Morgan fingerprint density at radius 1 is 1.14 bits per heavy atom. The van der Waals surface area contributed by atoms with E-state index in [1.807, 2.05) is 20.8 Å². The lowest BCUT2D eigenvalue weighted by Crippen LogP contribution is -2.41. The highest BCUT2D eigenvalue weighted by Gasteiger charge is 2.31. The molecule has 1 aromatic heterocycles. The van der Waals surface area contributed by atoms with Gasteiger partial charge in [0.05, 0.1) is 11.3 Å². The van der Waals surface area contributed by atoms with Crippen LogP contribution < -0.4 is 0 Å². The van der Waals surface area contributed by atoms with Crippen molar-refractivity contribution in [3.63, 3.8) is 0 Å². The van der Waals surface area contributed by atoms with E-state index in [-0.39, 0.29) is 12.0 Å². The third-order valence-corrected chi connectivity index (χ3v) is 4.59. The molecule has 0 saturated carbocycles. The molecule has 0 spiro atoms. The van der Waals surface area contributed by atoms with E-state index in [0.717, 1.165) is 30.7 Å². The molecule has 0 radical (unpaired) electrons. The van der Waals surface area contributed by atoms with Crippen molar-refractivity contribution in [2.75, 3.05) is 13.1 Å². The van der Waals surface area contributed by atoms with Crippen molar-refractivity contribution in [3.8, 4) is 11.3 Å². The van der Waals surface area contributed by atoms with Crippen LogP contribution in [0, 0.1) is 0 Å². The average Bonchev–Trinajstić information content (AvgIpc) is 3.10.